The van der Waals surface area contributed by atoms with Gasteiger partial charge in [0.25, 0.3) is 0 Å². The van der Waals surface area contributed by atoms with E-state index in [2.05, 4.69) is 20.8 Å². The second-order valence-corrected chi connectivity index (χ2v) is 5.29. The van der Waals surface area contributed by atoms with Crippen molar-refractivity contribution in [3.63, 3.8) is 0 Å². The largest absolute Gasteiger partial charge is 0.376 e. The Balaban J connectivity index is 2.18. The predicted molar refractivity (Wildman–Crippen MR) is 84.8 cm³/mol. The van der Waals surface area contributed by atoms with E-state index in [-0.39, 0.29) is 22.3 Å². The summed E-state index contributed by atoms with van der Waals surface area (Å²) in [6.45, 7) is 3.44. The second kappa shape index (κ2) is 6.74. The number of amides is 1. The Morgan fingerprint density at radius 1 is 1.24 bits per heavy atom. The predicted octanol–water partition coefficient (Wildman–Crippen LogP) is 3.91. The van der Waals surface area contributed by atoms with E-state index < -0.39 is 0 Å². The van der Waals surface area contributed by atoms with Crippen LogP contribution >= 0.6 is 23.2 Å². The van der Waals surface area contributed by atoms with Gasteiger partial charge in [-0.3, -0.25) is 4.79 Å². The van der Waals surface area contributed by atoms with E-state index in [0.717, 1.165) is 11.3 Å². The summed E-state index contributed by atoms with van der Waals surface area (Å²) < 4.78 is 0. The summed E-state index contributed by atoms with van der Waals surface area (Å²) in [5.74, 6) is -0.110. The minimum absolute atomic E-state index is 0.0449. The molecular weight excluding hydrogens is 311 g/mol. The Labute approximate surface area is 132 Å². The fourth-order valence-corrected chi connectivity index (χ4v) is 2.15. The van der Waals surface area contributed by atoms with E-state index in [0.29, 0.717) is 5.69 Å². The van der Waals surface area contributed by atoms with Crippen molar-refractivity contribution in [2.45, 2.75) is 19.9 Å². The lowest BCUT2D eigenvalue weighted by Gasteiger charge is -2.17. The fraction of sp³-hybridized carbons (Fsp3) is 0.214. The first kappa shape index (κ1) is 15.5. The molecule has 1 heterocycles. The third-order valence-corrected chi connectivity index (χ3v) is 3.26. The molecule has 1 aromatic carbocycles. The summed E-state index contributed by atoms with van der Waals surface area (Å²) in [5.41, 5.74) is 2.34. The zero-order chi connectivity index (χ0) is 15.4. The number of nitrogens with zero attached hydrogens (tertiary/aromatic N) is 2. The summed E-state index contributed by atoms with van der Waals surface area (Å²) in [7, 11) is 0. The van der Waals surface area contributed by atoms with Crippen LogP contribution in [0.4, 0.5) is 11.4 Å². The first-order valence-electron chi connectivity index (χ1n) is 6.28. The molecule has 1 aromatic heterocycles. The van der Waals surface area contributed by atoms with Crippen LogP contribution < -0.4 is 10.6 Å². The standard InChI is InChI=1S/C14H14Cl2N4O/c1-8(17-12-7-13(15)19-20-14(12)16)10-4-3-5-11(6-10)18-9(2)21/h3-8H,1-2H3,(H,17,19)(H,18,21). The van der Waals surface area contributed by atoms with E-state index >= 15 is 0 Å². The van der Waals surface area contributed by atoms with Gasteiger partial charge in [0.2, 0.25) is 5.91 Å². The van der Waals surface area contributed by atoms with Crippen LogP contribution in [-0.4, -0.2) is 16.1 Å². The van der Waals surface area contributed by atoms with Crippen LogP contribution in [0.15, 0.2) is 30.3 Å². The molecule has 5 nitrogen and oxygen atoms in total. The molecule has 0 spiro atoms. The Hall–Kier alpha value is -1.85. The average Bonchev–Trinajstić information content (AvgIpc) is 2.42. The topological polar surface area (TPSA) is 66.9 Å². The van der Waals surface area contributed by atoms with Gasteiger partial charge in [-0.1, -0.05) is 35.3 Å². The quantitative estimate of drug-likeness (QED) is 0.894. The lowest BCUT2D eigenvalue weighted by atomic mass is 10.1. The van der Waals surface area contributed by atoms with Crippen molar-refractivity contribution in [3.8, 4) is 0 Å². The Bertz CT molecular complexity index is 663. The first-order valence-corrected chi connectivity index (χ1v) is 7.04. The number of anilines is 2. The Morgan fingerprint density at radius 3 is 2.71 bits per heavy atom. The highest BCUT2D eigenvalue weighted by atomic mass is 35.5. The Kier molecular flexibility index (Phi) is 4.98. The Morgan fingerprint density at radius 2 is 2.00 bits per heavy atom. The highest BCUT2D eigenvalue weighted by Gasteiger charge is 2.10. The van der Waals surface area contributed by atoms with E-state index in [1.807, 2.05) is 31.2 Å². The van der Waals surface area contributed by atoms with E-state index in [1.165, 1.54) is 6.92 Å². The van der Waals surface area contributed by atoms with Gasteiger partial charge in [0.1, 0.15) is 0 Å². The van der Waals surface area contributed by atoms with Crippen LogP contribution in [0, 0.1) is 0 Å². The zero-order valence-corrected chi connectivity index (χ0v) is 13.0. The molecule has 7 heteroatoms. The van der Waals surface area contributed by atoms with Crippen LogP contribution in [0.5, 0.6) is 0 Å². The maximum atomic E-state index is 11.1. The molecule has 0 fully saturated rings. The van der Waals surface area contributed by atoms with Gasteiger partial charge in [0, 0.05) is 24.7 Å². The van der Waals surface area contributed by atoms with E-state index in [9.17, 15) is 4.79 Å². The van der Waals surface area contributed by atoms with Crippen molar-refractivity contribution in [3.05, 3.63) is 46.2 Å². The molecule has 1 unspecified atom stereocenters. The molecular formula is C14H14Cl2N4O. The lowest BCUT2D eigenvalue weighted by molar-refractivity contribution is -0.114. The summed E-state index contributed by atoms with van der Waals surface area (Å²) >= 11 is 11.8. The molecule has 0 aliphatic heterocycles. The number of benzene rings is 1. The lowest BCUT2D eigenvalue weighted by Crippen LogP contribution is -2.10. The number of carbonyl (C=O) groups is 1. The van der Waals surface area contributed by atoms with Gasteiger partial charge >= 0.3 is 0 Å². The molecule has 0 aliphatic carbocycles. The number of rotatable bonds is 4. The molecule has 0 bridgehead atoms. The number of nitrogens with one attached hydrogen (secondary N) is 2. The van der Waals surface area contributed by atoms with Gasteiger partial charge in [-0.15, -0.1) is 10.2 Å². The minimum Gasteiger partial charge on any atom is -0.376 e. The van der Waals surface area contributed by atoms with Crippen LogP contribution in [-0.2, 0) is 4.79 Å². The van der Waals surface area contributed by atoms with Gasteiger partial charge < -0.3 is 10.6 Å². The summed E-state index contributed by atoms with van der Waals surface area (Å²) in [4.78, 5) is 11.1. The third kappa shape index (κ3) is 4.31. The van der Waals surface area contributed by atoms with Crippen LogP contribution in [0.25, 0.3) is 0 Å². The number of aromatic nitrogens is 2. The molecule has 0 saturated carbocycles. The molecule has 2 N–H and O–H groups in total. The fourth-order valence-electron chi connectivity index (χ4n) is 1.86. The molecule has 0 radical (unpaired) electrons. The van der Waals surface area contributed by atoms with Gasteiger partial charge in [-0.05, 0) is 24.6 Å². The zero-order valence-electron chi connectivity index (χ0n) is 11.5. The maximum absolute atomic E-state index is 11.1. The van der Waals surface area contributed by atoms with Gasteiger partial charge in [0.05, 0.1) is 5.69 Å². The van der Waals surface area contributed by atoms with Crippen molar-refractivity contribution in [1.29, 1.82) is 0 Å². The van der Waals surface area contributed by atoms with Crippen molar-refractivity contribution < 1.29 is 4.79 Å². The molecule has 0 saturated heterocycles. The van der Waals surface area contributed by atoms with Crippen LogP contribution in [0.2, 0.25) is 10.3 Å². The number of hydrogen-bond donors (Lipinski definition) is 2. The van der Waals surface area contributed by atoms with Crippen molar-refractivity contribution >= 4 is 40.5 Å². The SMILES string of the molecule is CC(=O)Nc1cccc(C(C)Nc2cc(Cl)nnc2Cl)c1. The molecule has 2 rings (SSSR count). The van der Waals surface area contributed by atoms with Gasteiger partial charge in [0.15, 0.2) is 10.3 Å². The van der Waals surface area contributed by atoms with E-state index in [4.69, 9.17) is 23.2 Å². The summed E-state index contributed by atoms with van der Waals surface area (Å²) in [5, 5.41) is 13.9. The average molecular weight is 325 g/mol. The maximum Gasteiger partial charge on any atom is 0.221 e. The highest BCUT2D eigenvalue weighted by Crippen LogP contribution is 2.26. The molecule has 0 aliphatic rings. The number of halogens is 2. The normalized spacial score (nSPS) is 11.8. The highest BCUT2D eigenvalue weighted by molar-refractivity contribution is 6.33. The molecule has 110 valence electrons. The first-order chi connectivity index (χ1) is 9.95. The summed E-state index contributed by atoms with van der Waals surface area (Å²) in [6, 6.07) is 9.12. The van der Waals surface area contributed by atoms with Crippen molar-refractivity contribution in [1.82, 2.24) is 10.2 Å². The van der Waals surface area contributed by atoms with Crippen molar-refractivity contribution in [2.24, 2.45) is 0 Å². The van der Waals surface area contributed by atoms with Crippen LogP contribution in [0.3, 0.4) is 0 Å². The van der Waals surface area contributed by atoms with Gasteiger partial charge in [-0.2, -0.15) is 0 Å². The number of carbonyl (C=O) groups excluding carboxylic acids is 1. The smallest absolute Gasteiger partial charge is 0.221 e. The third-order valence-electron chi connectivity index (χ3n) is 2.80. The minimum atomic E-state index is -0.110. The number of hydrogen-bond acceptors (Lipinski definition) is 4. The van der Waals surface area contributed by atoms with Crippen LogP contribution in [0.1, 0.15) is 25.5 Å². The monoisotopic (exact) mass is 324 g/mol. The van der Waals surface area contributed by atoms with Gasteiger partial charge in [-0.25, -0.2) is 0 Å². The molecule has 1 atom stereocenters. The second-order valence-electron chi connectivity index (χ2n) is 4.54. The molecule has 1 amide bonds. The van der Waals surface area contributed by atoms with E-state index in [1.54, 1.807) is 6.07 Å². The van der Waals surface area contributed by atoms with Crippen molar-refractivity contribution in [2.75, 3.05) is 10.6 Å². The molecule has 2 aromatic rings. The molecule has 21 heavy (non-hydrogen) atoms. The summed E-state index contributed by atoms with van der Waals surface area (Å²) in [6.07, 6.45) is 0.